The summed E-state index contributed by atoms with van der Waals surface area (Å²) in [5, 5.41) is 0. The van der Waals surface area contributed by atoms with Gasteiger partial charge in [-0.2, -0.15) is 0 Å². The van der Waals surface area contributed by atoms with Crippen LogP contribution in [-0.2, 0) is 14.3 Å². The molecule has 1 saturated carbocycles. The lowest BCUT2D eigenvalue weighted by molar-refractivity contribution is -0.150. The molecule has 3 nitrogen and oxygen atoms in total. The Morgan fingerprint density at radius 2 is 1.95 bits per heavy atom. The minimum Gasteiger partial charge on any atom is -0.373 e. The maximum Gasteiger partial charge on any atom is 0.162 e. The molecule has 0 N–H and O–H groups in total. The van der Waals surface area contributed by atoms with Crippen LogP contribution in [0.1, 0.15) is 31.2 Å². The number of hydrogen-bond acceptors (Lipinski definition) is 3. The second-order valence-electron chi connectivity index (χ2n) is 7.22. The number of hydrogen-bond donors (Lipinski definition) is 0. The molecule has 5 atom stereocenters. The first kappa shape index (κ1) is 12.8. The fourth-order valence-electron chi connectivity index (χ4n) is 5.43. The Labute approximate surface area is 129 Å². The van der Waals surface area contributed by atoms with E-state index in [9.17, 15) is 9.59 Å². The number of ketones is 2. The van der Waals surface area contributed by atoms with Gasteiger partial charge < -0.3 is 4.74 Å². The molecule has 0 amide bonds. The quantitative estimate of drug-likeness (QED) is 0.800. The molecule has 5 rings (SSSR count). The molecule has 1 aliphatic heterocycles. The fraction of sp³-hybridized carbons (Fsp3) is 0.474. The van der Waals surface area contributed by atoms with Crippen LogP contribution in [0.4, 0.5) is 0 Å². The van der Waals surface area contributed by atoms with Crippen LogP contribution in [0.25, 0.3) is 0 Å². The van der Waals surface area contributed by atoms with Crippen molar-refractivity contribution >= 4 is 11.6 Å². The molecule has 0 unspecified atom stereocenters. The average molecular weight is 294 g/mol. The first-order valence-corrected chi connectivity index (χ1v) is 8.12. The third-order valence-corrected chi connectivity index (χ3v) is 6.39. The number of ether oxygens (including phenoxy) is 1. The maximum absolute atomic E-state index is 12.7. The highest BCUT2D eigenvalue weighted by Gasteiger charge is 2.69. The number of Topliss-reactive ketones (excluding diaryl/α,β-unsaturated/α-hetero) is 2. The van der Waals surface area contributed by atoms with Gasteiger partial charge in [0.15, 0.2) is 5.78 Å². The molecule has 1 aromatic rings. The van der Waals surface area contributed by atoms with Crippen molar-refractivity contribution < 1.29 is 14.3 Å². The third kappa shape index (κ3) is 1.24. The van der Waals surface area contributed by atoms with E-state index >= 15 is 0 Å². The van der Waals surface area contributed by atoms with Crippen molar-refractivity contribution in [1.29, 1.82) is 0 Å². The summed E-state index contributed by atoms with van der Waals surface area (Å²) in [5.41, 5.74) is 3.09. The van der Waals surface area contributed by atoms with Gasteiger partial charge in [-0.3, -0.25) is 9.59 Å². The summed E-state index contributed by atoms with van der Waals surface area (Å²) >= 11 is 0. The summed E-state index contributed by atoms with van der Waals surface area (Å²) in [7, 11) is 0. The highest BCUT2D eigenvalue weighted by molar-refractivity contribution is 6.09. The van der Waals surface area contributed by atoms with Gasteiger partial charge in [-0.15, -0.1) is 0 Å². The van der Waals surface area contributed by atoms with E-state index in [2.05, 4.69) is 6.92 Å². The highest BCUT2D eigenvalue weighted by Crippen LogP contribution is 2.69. The first-order valence-electron chi connectivity index (χ1n) is 8.12. The minimum atomic E-state index is -0.170. The predicted molar refractivity (Wildman–Crippen MR) is 80.3 cm³/mol. The largest absolute Gasteiger partial charge is 0.373 e. The molecule has 1 heterocycles. The Bertz CT molecular complexity index is 732. The van der Waals surface area contributed by atoms with Crippen molar-refractivity contribution in [2.45, 2.75) is 31.8 Å². The van der Waals surface area contributed by atoms with Crippen LogP contribution in [0.2, 0.25) is 0 Å². The van der Waals surface area contributed by atoms with E-state index in [0.717, 1.165) is 24.2 Å². The zero-order valence-electron chi connectivity index (χ0n) is 12.5. The molecule has 2 fully saturated rings. The average Bonchev–Trinajstić information content (AvgIpc) is 2.89. The molecule has 0 bridgehead atoms. The molecule has 0 spiro atoms. The number of fused-ring (bicyclic) bond motifs is 5. The van der Waals surface area contributed by atoms with Gasteiger partial charge in [-0.25, -0.2) is 0 Å². The van der Waals surface area contributed by atoms with E-state index in [1.54, 1.807) is 0 Å². The van der Waals surface area contributed by atoms with Gasteiger partial charge in [-0.05, 0) is 17.6 Å². The summed E-state index contributed by atoms with van der Waals surface area (Å²) in [6.07, 6.45) is 1.39. The molecule has 1 aromatic carbocycles. The molecule has 0 aromatic heterocycles. The summed E-state index contributed by atoms with van der Waals surface area (Å²) < 4.78 is 5.75. The van der Waals surface area contributed by atoms with Gasteiger partial charge in [0.25, 0.3) is 0 Å². The smallest absolute Gasteiger partial charge is 0.162 e. The number of carbonyl (C=O) groups excluding carboxylic acids is 2. The van der Waals surface area contributed by atoms with Gasteiger partial charge in [-0.1, -0.05) is 37.3 Å². The molecular formula is C19H18O3. The summed E-state index contributed by atoms with van der Waals surface area (Å²) in [6.45, 7) is 2.94. The maximum atomic E-state index is 12.7. The molecule has 3 heteroatoms. The zero-order valence-corrected chi connectivity index (χ0v) is 12.5. The predicted octanol–water partition coefficient (Wildman–Crippen LogP) is 2.66. The van der Waals surface area contributed by atoms with Crippen LogP contribution >= 0.6 is 0 Å². The van der Waals surface area contributed by atoms with Gasteiger partial charge in [0.05, 0.1) is 12.0 Å². The molecule has 112 valence electrons. The van der Waals surface area contributed by atoms with E-state index in [-0.39, 0.29) is 34.9 Å². The minimum absolute atomic E-state index is 0.0207. The number of carbonyl (C=O) groups is 2. The lowest BCUT2D eigenvalue weighted by Crippen LogP contribution is -2.63. The molecular weight excluding hydrogens is 276 g/mol. The van der Waals surface area contributed by atoms with Gasteiger partial charge in [0, 0.05) is 35.9 Å². The van der Waals surface area contributed by atoms with Crippen molar-refractivity contribution in [2.75, 3.05) is 6.61 Å². The molecule has 3 aliphatic carbocycles. The van der Waals surface area contributed by atoms with Crippen molar-refractivity contribution in [3.05, 3.63) is 47.0 Å². The Hall–Kier alpha value is -1.74. The standard InChI is InChI=1S/C19H18O3/c1-19-12(17(21)15(19)10-5-3-2-4-6-10)9-13(20)14-16(19)11-7-8-22-18(11)14/h2-6,11-12,15,18H,7-9H2,1H3/t11-,12-,15+,18-,19-/m1/s1. The Morgan fingerprint density at radius 1 is 1.18 bits per heavy atom. The van der Waals surface area contributed by atoms with Crippen LogP contribution in [0.15, 0.2) is 41.5 Å². The van der Waals surface area contributed by atoms with Crippen LogP contribution < -0.4 is 0 Å². The first-order chi connectivity index (χ1) is 10.6. The number of rotatable bonds is 1. The van der Waals surface area contributed by atoms with Gasteiger partial charge >= 0.3 is 0 Å². The van der Waals surface area contributed by atoms with E-state index in [0.29, 0.717) is 12.3 Å². The van der Waals surface area contributed by atoms with E-state index in [1.807, 2.05) is 30.3 Å². The Balaban J connectivity index is 1.66. The lowest BCUT2D eigenvalue weighted by Gasteiger charge is -2.61. The second kappa shape index (κ2) is 3.96. The van der Waals surface area contributed by atoms with Gasteiger partial charge in [0.2, 0.25) is 0 Å². The SMILES string of the molecule is C[C@@]12C3=C(C(=O)C[C@@H]1C(=O)[C@@H]2c1ccccc1)[C@@H]1OCC[C@H]31. The van der Waals surface area contributed by atoms with Crippen LogP contribution in [-0.4, -0.2) is 24.3 Å². The Morgan fingerprint density at radius 3 is 2.73 bits per heavy atom. The molecule has 1 saturated heterocycles. The normalized spacial score (nSPS) is 42.2. The summed E-state index contributed by atoms with van der Waals surface area (Å²) in [5.74, 6) is 0.561. The monoisotopic (exact) mass is 294 g/mol. The molecule has 4 aliphatic rings. The number of benzene rings is 1. The van der Waals surface area contributed by atoms with E-state index in [1.165, 1.54) is 5.57 Å². The van der Waals surface area contributed by atoms with E-state index < -0.39 is 0 Å². The van der Waals surface area contributed by atoms with E-state index in [4.69, 9.17) is 4.74 Å². The van der Waals surface area contributed by atoms with Crippen molar-refractivity contribution in [1.82, 2.24) is 0 Å². The fourth-order valence-corrected chi connectivity index (χ4v) is 5.43. The summed E-state index contributed by atoms with van der Waals surface area (Å²) in [6, 6.07) is 10.0. The van der Waals surface area contributed by atoms with Crippen molar-refractivity contribution in [3.63, 3.8) is 0 Å². The van der Waals surface area contributed by atoms with Crippen LogP contribution in [0.3, 0.4) is 0 Å². The molecule has 22 heavy (non-hydrogen) atoms. The van der Waals surface area contributed by atoms with Crippen molar-refractivity contribution in [3.8, 4) is 0 Å². The lowest BCUT2D eigenvalue weighted by atomic mass is 9.40. The van der Waals surface area contributed by atoms with Gasteiger partial charge in [0.1, 0.15) is 5.78 Å². The highest BCUT2D eigenvalue weighted by atomic mass is 16.5. The van der Waals surface area contributed by atoms with Crippen molar-refractivity contribution in [2.24, 2.45) is 17.3 Å². The Kier molecular flexibility index (Phi) is 2.30. The third-order valence-electron chi connectivity index (χ3n) is 6.39. The summed E-state index contributed by atoms with van der Waals surface area (Å²) in [4.78, 5) is 25.1. The second-order valence-corrected chi connectivity index (χ2v) is 7.22. The topological polar surface area (TPSA) is 43.4 Å². The molecule has 0 radical (unpaired) electrons. The van der Waals surface area contributed by atoms with Crippen LogP contribution in [0, 0.1) is 17.3 Å². The zero-order chi connectivity index (χ0) is 15.1. The van der Waals surface area contributed by atoms with Crippen LogP contribution in [0.5, 0.6) is 0 Å².